The van der Waals surface area contributed by atoms with Gasteiger partial charge in [-0.25, -0.2) is 23.5 Å². The van der Waals surface area contributed by atoms with E-state index >= 15 is 8.78 Å². The van der Waals surface area contributed by atoms with E-state index < -0.39 is 23.4 Å². The van der Waals surface area contributed by atoms with Gasteiger partial charge in [0.15, 0.2) is 5.82 Å². The Morgan fingerprint density at radius 1 is 0.820 bits per heavy atom. The minimum Gasteiger partial charge on any atom is -0.338 e. The minimum absolute atomic E-state index is 0.0765. The summed E-state index contributed by atoms with van der Waals surface area (Å²) in [7, 11) is 0. The number of fused-ring (bicyclic) bond motifs is 1. The molecule has 4 aromatic carbocycles. The molecule has 2 aliphatic rings. The van der Waals surface area contributed by atoms with Gasteiger partial charge in [-0.05, 0) is 47.4 Å². The molecule has 8 nitrogen and oxygen atoms in total. The number of nitrogens with one attached hydrogen (secondary N) is 2. The first kappa shape index (κ1) is 33.3. The van der Waals surface area contributed by atoms with Crippen LogP contribution in [0.3, 0.4) is 0 Å². The van der Waals surface area contributed by atoms with Crippen molar-refractivity contribution in [3.63, 3.8) is 0 Å². The van der Waals surface area contributed by atoms with Crippen molar-refractivity contribution in [2.75, 3.05) is 36.0 Å². The Balaban J connectivity index is 1.30. The van der Waals surface area contributed by atoms with E-state index in [1.165, 1.54) is 17.2 Å². The fourth-order valence-electron chi connectivity index (χ4n) is 6.84. The number of anilines is 3. The highest BCUT2D eigenvalue weighted by Gasteiger charge is 2.36. The Labute approximate surface area is 291 Å². The zero-order valence-corrected chi connectivity index (χ0v) is 28.5. The summed E-state index contributed by atoms with van der Waals surface area (Å²) in [5.41, 5.74) is 6.14. The molecule has 0 unspecified atom stereocenters. The summed E-state index contributed by atoms with van der Waals surface area (Å²) in [4.78, 5) is 29.1. The molecule has 0 aliphatic carbocycles. The number of hydrogen-bond acceptors (Lipinski definition) is 6. The van der Waals surface area contributed by atoms with Crippen molar-refractivity contribution in [2.45, 2.75) is 45.9 Å². The van der Waals surface area contributed by atoms with E-state index in [2.05, 4.69) is 101 Å². The summed E-state index contributed by atoms with van der Waals surface area (Å²) in [5, 5.41) is 6.29. The molecule has 1 saturated heterocycles. The second-order valence-electron chi connectivity index (χ2n) is 13.2. The number of para-hydroxylation sites is 1. The third-order valence-corrected chi connectivity index (χ3v) is 9.43. The predicted molar refractivity (Wildman–Crippen MR) is 193 cm³/mol. The molecule has 1 fully saturated rings. The number of carbonyl (C=O) groups is 1. The molecule has 0 bridgehead atoms. The van der Waals surface area contributed by atoms with Crippen molar-refractivity contribution in [2.24, 2.45) is 0 Å². The molecule has 0 saturated carbocycles. The SMILES string of the molecule is Cc1ccc(CNC(C)C)cc1-c1nc(N2CCN(C(c3ccccc3)c3ccccc3)CC2)nc2c1CNC(=O)N2c1c(F)cccc1F. The van der Waals surface area contributed by atoms with E-state index in [1.807, 2.05) is 19.1 Å². The van der Waals surface area contributed by atoms with Gasteiger partial charge in [0.05, 0.1) is 18.3 Å². The Kier molecular flexibility index (Phi) is 9.56. The Bertz CT molecular complexity index is 1920. The highest BCUT2D eigenvalue weighted by molar-refractivity contribution is 6.02. The summed E-state index contributed by atoms with van der Waals surface area (Å²) in [6, 6.07) is 30.5. The van der Waals surface area contributed by atoms with Crippen LogP contribution in [-0.2, 0) is 13.1 Å². The Morgan fingerprint density at radius 3 is 2.08 bits per heavy atom. The van der Waals surface area contributed by atoms with Crippen molar-refractivity contribution in [3.8, 4) is 11.3 Å². The Hall–Kier alpha value is -5.19. The van der Waals surface area contributed by atoms with Crippen LogP contribution in [0.15, 0.2) is 97.1 Å². The van der Waals surface area contributed by atoms with Gasteiger partial charge in [0, 0.05) is 49.9 Å². The highest BCUT2D eigenvalue weighted by Crippen LogP contribution is 2.40. The van der Waals surface area contributed by atoms with Crippen LogP contribution >= 0.6 is 0 Å². The van der Waals surface area contributed by atoms with Crippen LogP contribution in [0.4, 0.5) is 31.0 Å². The highest BCUT2D eigenvalue weighted by atomic mass is 19.1. The number of benzene rings is 4. The van der Waals surface area contributed by atoms with Crippen LogP contribution in [0.1, 0.15) is 47.7 Å². The molecule has 7 rings (SSSR count). The molecule has 3 heterocycles. The average Bonchev–Trinajstić information content (AvgIpc) is 3.13. The van der Waals surface area contributed by atoms with Crippen LogP contribution in [0.25, 0.3) is 11.3 Å². The zero-order valence-electron chi connectivity index (χ0n) is 28.5. The van der Waals surface area contributed by atoms with Gasteiger partial charge in [-0.1, -0.05) is 92.7 Å². The number of aryl methyl sites for hydroxylation is 1. The molecule has 0 spiro atoms. The third-order valence-electron chi connectivity index (χ3n) is 9.43. The van der Waals surface area contributed by atoms with Gasteiger partial charge in [-0.3, -0.25) is 4.90 Å². The zero-order chi connectivity index (χ0) is 34.8. The summed E-state index contributed by atoms with van der Waals surface area (Å²) in [5.74, 6) is -1.11. The largest absolute Gasteiger partial charge is 0.338 e. The number of piperazine rings is 1. The molecule has 5 aromatic rings. The van der Waals surface area contributed by atoms with Crippen molar-refractivity contribution < 1.29 is 13.6 Å². The molecule has 2 amide bonds. The molecular formula is C40H41F2N7O. The van der Waals surface area contributed by atoms with Crippen LogP contribution in [-0.4, -0.2) is 53.1 Å². The van der Waals surface area contributed by atoms with Gasteiger partial charge >= 0.3 is 6.03 Å². The molecular weight excluding hydrogens is 632 g/mol. The number of urea groups is 1. The molecule has 0 radical (unpaired) electrons. The van der Waals surface area contributed by atoms with Gasteiger partial charge in [0.1, 0.15) is 17.3 Å². The molecule has 2 N–H and O–H groups in total. The smallest absolute Gasteiger partial charge is 0.328 e. The van der Waals surface area contributed by atoms with Crippen LogP contribution in [0.5, 0.6) is 0 Å². The van der Waals surface area contributed by atoms with Crippen molar-refractivity contribution >= 4 is 23.5 Å². The predicted octanol–water partition coefficient (Wildman–Crippen LogP) is 7.50. The molecule has 0 atom stereocenters. The quantitative estimate of drug-likeness (QED) is 0.169. The molecule has 2 aliphatic heterocycles. The van der Waals surface area contributed by atoms with Gasteiger partial charge in [0.2, 0.25) is 5.95 Å². The normalized spacial score (nSPS) is 15.1. The third kappa shape index (κ3) is 6.68. The summed E-state index contributed by atoms with van der Waals surface area (Å²) < 4.78 is 30.6. The molecule has 256 valence electrons. The van der Waals surface area contributed by atoms with Gasteiger partial charge < -0.3 is 15.5 Å². The van der Waals surface area contributed by atoms with Gasteiger partial charge in [-0.2, -0.15) is 4.98 Å². The summed E-state index contributed by atoms with van der Waals surface area (Å²) >= 11 is 0. The van der Waals surface area contributed by atoms with Crippen LogP contribution in [0.2, 0.25) is 0 Å². The van der Waals surface area contributed by atoms with Crippen molar-refractivity contribution in [3.05, 3.63) is 137 Å². The van der Waals surface area contributed by atoms with Crippen molar-refractivity contribution in [1.29, 1.82) is 0 Å². The first-order valence-electron chi connectivity index (χ1n) is 17.1. The topological polar surface area (TPSA) is 76.6 Å². The van der Waals surface area contributed by atoms with Gasteiger partial charge in [0.25, 0.3) is 0 Å². The maximum Gasteiger partial charge on any atom is 0.328 e. The maximum atomic E-state index is 15.3. The monoisotopic (exact) mass is 673 g/mol. The van der Waals surface area contributed by atoms with E-state index in [-0.39, 0.29) is 18.4 Å². The van der Waals surface area contributed by atoms with Crippen LogP contribution < -0.4 is 20.4 Å². The lowest BCUT2D eigenvalue weighted by atomic mass is 9.96. The fourth-order valence-corrected chi connectivity index (χ4v) is 6.84. The van der Waals surface area contributed by atoms with E-state index in [4.69, 9.17) is 9.97 Å². The summed E-state index contributed by atoms with van der Waals surface area (Å²) in [6.07, 6.45) is 0. The standard InChI is InChI=1S/C40H41F2N7O/c1-26(2)43-24-28-18-17-27(3)31(23-28)35-32-25-44-40(50)49(37-33(41)15-10-16-34(37)42)38(32)46-39(45-35)48-21-19-47(20-22-48)36(29-11-6-4-7-12-29)30-13-8-5-9-14-30/h4-18,23,26,36,43H,19-22,24-25H2,1-3H3,(H,44,50). The molecule has 1 aromatic heterocycles. The minimum atomic E-state index is -0.853. The van der Waals surface area contributed by atoms with Gasteiger partial charge in [-0.15, -0.1) is 0 Å². The molecule has 10 heteroatoms. The second-order valence-corrected chi connectivity index (χ2v) is 13.2. The van der Waals surface area contributed by atoms with E-state index in [9.17, 15) is 4.79 Å². The second kappa shape index (κ2) is 14.3. The number of nitrogens with zero attached hydrogens (tertiary/aromatic N) is 5. The number of hydrogen-bond donors (Lipinski definition) is 2. The van der Waals surface area contributed by atoms with Crippen LogP contribution in [0, 0.1) is 18.6 Å². The lowest BCUT2D eigenvalue weighted by Gasteiger charge is -2.40. The summed E-state index contributed by atoms with van der Waals surface area (Å²) in [6.45, 7) is 9.69. The van der Waals surface area contributed by atoms with E-state index in [0.29, 0.717) is 42.9 Å². The molecule has 50 heavy (non-hydrogen) atoms. The number of aromatic nitrogens is 2. The first-order chi connectivity index (χ1) is 24.3. The fraction of sp³-hybridized carbons (Fsp3) is 0.275. The maximum absolute atomic E-state index is 15.3. The number of rotatable bonds is 9. The number of amides is 2. The lowest BCUT2D eigenvalue weighted by Crippen LogP contribution is -2.49. The number of halogens is 2. The average molecular weight is 674 g/mol. The Morgan fingerprint density at radius 2 is 1.46 bits per heavy atom. The van der Waals surface area contributed by atoms with E-state index in [1.54, 1.807) is 0 Å². The number of carbonyl (C=O) groups excluding carboxylic acids is 1. The lowest BCUT2D eigenvalue weighted by molar-refractivity contribution is 0.211. The first-order valence-corrected chi connectivity index (χ1v) is 17.1. The van der Waals surface area contributed by atoms with E-state index in [0.717, 1.165) is 46.8 Å². The van der Waals surface area contributed by atoms with Crippen molar-refractivity contribution in [1.82, 2.24) is 25.5 Å².